The predicted molar refractivity (Wildman–Crippen MR) is 84.7 cm³/mol. The van der Waals surface area contributed by atoms with Gasteiger partial charge in [0.2, 0.25) is 0 Å². The predicted octanol–water partition coefficient (Wildman–Crippen LogP) is 4.96. The maximum Gasteiger partial charge on any atom is 0.124 e. The zero-order valence-corrected chi connectivity index (χ0v) is 12.5. The van der Waals surface area contributed by atoms with Gasteiger partial charge < -0.3 is 0 Å². The van der Waals surface area contributed by atoms with Gasteiger partial charge in [-0.05, 0) is 30.7 Å². The maximum atomic E-state index is 13.3. The van der Waals surface area contributed by atoms with Crippen molar-refractivity contribution >= 4 is 11.3 Å². The summed E-state index contributed by atoms with van der Waals surface area (Å²) in [7, 11) is 0. The molecule has 0 N–H and O–H groups in total. The molecule has 21 heavy (non-hydrogen) atoms. The van der Waals surface area contributed by atoms with E-state index in [-0.39, 0.29) is 5.82 Å². The number of pyridine rings is 1. The van der Waals surface area contributed by atoms with Crippen LogP contribution in [0.25, 0.3) is 21.8 Å². The van der Waals surface area contributed by atoms with E-state index < -0.39 is 0 Å². The molecule has 0 unspecified atom stereocenters. The molecule has 0 saturated heterocycles. The zero-order chi connectivity index (χ0) is 14.7. The molecule has 0 fully saturated rings. The quantitative estimate of drug-likeness (QED) is 0.680. The molecule has 0 atom stereocenters. The third-order valence-electron chi connectivity index (χ3n) is 3.19. The molecule has 2 heterocycles. The summed E-state index contributed by atoms with van der Waals surface area (Å²) >= 11 is 1.57. The van der Waals surface area contributed by atoms with E-state index in [0.29, 0.717) is 0 Å². The lowest BCUT2D eigenvalue weighted by Gasteiger charge is -2.00. The highest BCUT2D eigenvalue weighted by molar-refractivity contribution is 7.13. The number of hydrogen-bond donors (Lipinski definition) is 0. The van der Waals surface area contributed by atoms with Gasteiger partial charge in [-0.25, -0.2) is 9.37 Å². The van der Waals surface area contributed by atoms with Crippen LogP contribution in [0, 0.1) is 5.82 Å². The van der Waals surface area contributed by atoms with Crippen LogP contribution in [-0.4, -0.2) is 9.97 Å². The van der Waals surface area contributed by atoms with Crippen LogP contribution < -0.4 is 0 Å². The first-order valence-electron chi connectivity index (χ1n) is 6.93. The topological polar surface area (TPSA) is 25.8 Å². The molecule has 4 heteroatoms. The van der Waals surface area contributed by atoms with Crippen LogP contribution in [0.4, 0.5) is 4.39 Å². The Labute approximate surface area is 127 Å². The molecule has 2 nitrogen and oxygen atoms in total. The molecule has 106 valence electrons. The van der Waals surface area contributed by atoms with E-state index in [1.807, 2.05) is 23.7 Å². The molecule has 3 aromatic rings. The number of aryl methyl sites for hydroxylation is 1. The Morgan fingerprint density at radius 3 is 2.86 bits per heavy atom. The molecule has 0 aliphatic rings. The second-order valence-corrected chi connectivity index (χ2v) is 5.69. The zero-order valence-electron chi connectivity index (χ0n) is 11.7. The first-order valence-corrected chi connectivity index (χ1v) is 7.81. The van der Waals surface area contributed by atoms with E-state index in [4.69, 9.17) is 0 Å². The maximum absolute atomic E-state index is 13.3. The van der Waals surface area contributed by atoms with Crippen molar-refractivity contribution < 1.29 is 4.39 Å². The lowest BCUT2D eigenvalue weighted by molar-refractivity contribution is 0.628. The van der Waals surface area contributed by atoms with Gasteiger partial charge in [0.05, 0.1) is 5.69 Å². The average Bonchev–Trinajstić information content (AvgIpc) is 2.98. The second-order valence-electron chi connectivity index (χ2n) is 4.83. The summed E-state index contributed by atoms with van der Waals surface area (Å²) in [6.45, 7) is 2.14. The van der Waals surface area contributed by atoms with Crippen LogP contribution in [0.15, 0.2) is 48.0 Å². The van der Waals surface area contributed by atoms with Gasteiger partial charge in [0.1, 0.15) is 10.8 Å². The van der Waals surface area contributed by atoms with Gasteiger partial charge in [0, 0.05) is 28.4 Å². The van der Waals surface area contributed by atoms with E-state index in [1.54, 1.807) is 17.4 Å². The highest BCUT2D eigenvalue weighted by atomic mass is 32.1. The van der Waals surface area contributed by atoms with Crippen molar-refractivity contribution in [2.75, 3.05) is 0 Å². The average molecular weight is 298 g/mol. The Morgan fingerprint density at radius 2 is 2.05 bits per heavy atom. The summed E-state index contributed by atoms with van der Waals surface area (Å²) in [6, 6.07) is 10.6. The van der Waals surface area contributed by atoms with E-state index >= 15 is 0 Å². The Morgan fingerprint density at radius 1 is 1.14 bits per heavy atom. The Balaban J connectivity index is 1.93. The fourth-order valence-electron chi connectivity index (χ4n) is 2.19. The van der Waals surface area contributed by atoms with Crippen LogP contribution in [-0.2, 0) is 6.42 Å². The van der Waals surface area contributed by atoms with Crippen molar-refractivity contribution in [1.82, 2.24) is 9.97 Å². The monoisotopic (exact) mass is 298 g/mol. The van der Waals surface area contributed by atoms with Crippen molar-refractivity contribution in [3.63, 3.8) is 0 Å². The van der Waals surface area contributed by atoms with Crippen molar-refractivity contribution in [2.24, 2.45) is 0 Å². The molecular formula is C17H15FN2S. The highest BCUT2D eigenvalue weighted by Crippen LogP contribution is 2.29. The molecule has 0 spiro atoms. The summed E-state index contributed by atoms with van der Waals surface area (Å²) in [5.41, 5.74) is 3.77. The molecule has 3 rings (SSSR count). The van der Waals surface area contributed by atoms with Gasteiger partial charge >= 0.3 is 0 Å². The summed E-state index contributed by atoms with van der Waals surface area (Å²) < 4.78 is 13.3. The van der Waals surface area contributed by atoms with Crippen LogP contribution >= 0.6 is 11.3 Å². The highest BCUT2D eigenvalue weighted by Gasteiger charge is 2.08. The molecule has 0 saturated carbocycles. The van der Waals surface area contributed by atoms with E-state index in [9.17, 15) is 4.39 Å². The van der Waals surface area contributed by atoms with Gasteiger partial charge in [-0.1, -0.05) is 25.5 Å². The van der Waals surface area contributed by atoms with Crippen molar-refractivity contribution in [3.05, 3.63) is 59.5 Å². The number of halogens is 1. The van der Waals surface area contributed by atoms with Gasteiger partial charge in [-0.3, -0.25) is 4.98 Å². The van der Waals surface area contributed by atoms with Crippen LogP contribution in [0.2, 0.25) is 0 Å². The molecule has 0 radical (unpaired) electrons. The summed E-state index contributed by atoms with van der Waals surface area (Å²) in [4.78, 5) is 8.98. The largest absolute Gasteiger partial charge is 0.261 e. The number of aromatic nitrogens is 2. The number of nitrogens with zero attached hydrogens (tertiary/aromatic N) is 2. The summed E-state index contributed by atoms with van der Waals surface area (Å²) in [5, 5.41) is 2.90. The molecule has 2 aromatic heterocycles. The first-order chi connectivity index (χ1) is 10.3. The molecule has 0 aliphatic carbocycles. The Bertz CT molecular complexity index is 752. The third-order valence-corrected chi connectivity index (χ3v) is 4.09. The SMILES string of the molecule is CCCc1cc(-c2nc(-c3cccc(F)c3)cs2)ccn1. The van der Waals surface area contributed by atoms with Crippen molar-refractivity contribution in [2.45, 2.75) is 19.8 Å². The molecule has 0 aliphatic heterocycles. The fourth-order valence-corrected chi connectivity index (χ4v) is 3.02. The smallest absolute Gasteiger partial charge is 0.124 e. The summed E-state index contributed by atoms with van der Waals surface area (Å²) in [6.07, 6.45) is 3.86. The van der Waals surface area contributed by atoms with Crippen molar-refractivity contribution in [1.29, 1.82) is 0 Å². The lowest BCUT2D eigenvalue weighted by Crippen LogP contribution is -1.89. The van der Waals surface area contributed by atoms with E-state index in [0.717, 1.165) is 40.4 Å². The number of thiazole rings is 1. The van der Waals surface area contributed by atoms with Gasteiger partial charge in [-0.15, -0.1) is 11.3 Å². The summed E-state index contributed by atoms with van der Waals surface area (Å²) in [5.74, 6) is -0.240. The van der Waals surface area contributed by atoms with E-state index in [1.165, 1.54) is 12.1 Å². The lowest BCUT2D eigenvalue weighted by atomic mass is 10.1. The minimum Gasteiger partial charge on any atom is -0.261 e. The second kappa shape index (κ2) is 6.14. The standard InChI is InChI=1S/C17H15FN2S/c1-2-4-15-10-13(7-8-19-15)17-20-16(11-21-17)12-5-3-6-14(18)9-12/h3,5-11H,2,4H2,1H3. The molecule has 0 bridgehead atoms. The van der Waals surface area contributed by atoms with E-state index in [2.05, 4.69) is 23.0 Å². The van der Waals surface area contributed by atoms with Gasteiger partial charge in [0.15, 0.2) is 0 Å². The number of hydrogen-bond acceptors (Lipinski definition) is 3. The minimum atomic E-state index is -0.240. The minimum absolute atomic E-state index is 0.240. The van der Waals surface area contributed by atoms with Gasteiger partial charge in [-0.2, -0.15) is 0 Å². The number of benzene rings is 1. The van der Waals surface area contributed by atoms with Crippen LogP contribution in [0.5, 0.6) is 0 Å². The normalized spacial score (nSPS) is 10.8. The molecule has 1 aromatic carbocycles. The van der Waals surface area contributed by atoms with Crippen molar-refractivity contribution in [3.8, 4) is 21.8 Å². The third kappa shape index (κ3) is 3.16. The van der Waals surface area contributed by atoms with Gasteiger partial charge in [0.25, 0.3) is 0 Å². The Kier molecular flexibility index (Phi) is 4.06. The molecule has 0 amide bonds. The van der Waals surface area contributed by atoms with Crippen LogP contribution in [0.1, 0.15) is 19.0 Å². The number of rotatable bonds is 4. The fraction of sp³-hybridized carbons (Fsp3) is 0.176. The molecular weight excluding hydrogens is 283 g/mol. The Hall–Kier alpha value is -2.07. The van der Waals surface area contributed by atoms with Crippen LogP contribution in [0.3, 0.4) is 0 Å². The first kappa shape index (κ1) is 13.9.